The molecule has 3 atom stereocenters. The molecule has 1 aliphatic heterocycles. The number of H-pyrrole nitrogens is 1. The van der Waals surface area contributed by atoms with Crippen LogP contribution in [0.4, 0.5) is 15.5 Å². The van der Waals surface area contributed by atoms with Crippen molar-refractivity contribution in [2.45, 2.75) is 103 Å². The van der Waals surface area contributed by atoms with Gasteiger partial charge in [-0.1, -0.05) is 24.3 Å². The lowest BCUT2D eigenvalue weighted by Gasteiger charge is -2.27. The van der Waals surface area contributed by atoms with Gasteiger partial charge >= 0.3 is 12.2 Å². The summed E-state index contributed by atoms with van der Waals surface area (Å²) in [5.74, 6) is 1.31. The van der Waals surface area contributed by atoms with Crippen LogP contribution in [-0.2, 0) is 9.47 Å². The van der Waals surface area contributed by atoms with Gasteiger partial charge in [0, 0.05) is 36.1 Å². The zero-order valence-electron chi connectivity index (χ0n) is 29.6. The maximum Gasteiger partial charge on any atom is 0.410 e. The van der Waals surface area contributed by atoms with Crippen molar-refractivity contribution < 1.29 is 19.1 Å². The molecule has 2 aromatic carbocycles. The smallest absolute Gasteiger partial charge is 0.410 e. The monoisotopic (exact) mass is 741 g/mol. The Morgan fingerprint density at radius 1 is 0.760 bits per heavy atom. The number of anilines is 1. The summed E-state index contributed by atoms with van der Waals surface area (Å²) in [6.45, 7) is 11.9. The van der Waals surface area contributed by atoms with Crippen LogP contribution in [0.2, 0.25) is 0 Å². The lowest BCUT2D eigenvalue weighted by molar-refractivity contribution is 0.0218. The van der Waals surface area contributed by atoms with Gasteiger partial charge in [0.15, 0.2) is 0 Å². The van der Waals surface area contributed by atoms with Gasteiger partial charge in [-0.05, 0) is 102 Å². The summed E-state index contributed by atoms with van der Waals surface area (Å²) in [4.78, 5) is 44.2. The summed E-state index contributed by atoms with van der Waals surface area (Å²) < 4.78 is 11.1. The summed E-state index contributed by atoms with van der Waals surface area (Å²) in [5.41, 5.74) is 2.79. The molecule has 11 nitrogen and oxygen atoms in total. The second kappa shape index (κ2) is 16.6. The number of hydrogen-bond donors (Lipinski definition) is 3. The Balaban J connectivity index is 0.00000225. The number of aromatic nitrogens is 4. The van der Waals surface area contributed by atoms with Crippen molar-refractivity contribution in [3.05, 3.63) is 60.8 Å². The second-order valence-corrected chi connectivity index (χ2v) is 14.5. The fourth-order valence-electron chi connectivity index (χ4n) is 6.32. The Kier molecular flexibility index (Phi) is 13.5. The van der Waals surface area contributed by atoms with Crippen molar-refractivity contribution >= 4 is 69.4 Å². The molecule has 2 fully saturated rings. The fourth-order valence-corrected chi connectivity index (χ4v) is 6.32. The zero-order chi connectivity index (χ0) is 33.3. The van der Waals surface area contributed by atoms with Crippen LogP contribution in [0.1, 0.15) is 85.5 Å². The summed E-state index contributed by atoms with van der Waals surface area (Å²) >= 11 is 0. The van der Waals surface area contributed by atoms with E-state index in [9.17, 15) is 9.59 Å². The Morgan fingerprint density at radius 3 is 2.04 bits per heavy atom. The molecule has 3 heterocycles. The van der Waals surface area contributed by atoms with Gasteiger partial charge in [-0.25, -0.2) is 24.5 Å². The molecular weight excluding hydrogens is 691 g/mol. The maximum atomic E-state index is 12.8. The predicted molar refractivity (Wildman–Crippen MR) is 213 cm³/mol. The number of carbonyl (C=O) groups is 2. The summed E-state index contributed by atoms with van der Waals surface area (Å²) in [7, 11) is 0. The molecule has 50 heavy (non-hydrogen) atoms. The third kappa shape index (κ3) is 10.0. The average molecular weight is 742 g/mol. The van der Waals surface area contributed by atoms with Gasteiger partial charge in [0.25, 0.3) is 0 Å². The summed E-state index contributed by atoms with van der Waals surface area (Å²) in [6.07, 6.45) is 9.35. The Hall–Kier alpha value is -3.62. The van der Waals surface area contributed by atoms with Gasteiger partial charge in [-0.3, -0.25) is 4.90 Å². The molecule has 0 unspecified atom stereocenters. The van der Waals surface area contributed by atoms with E-state index in [2.05, 4.69) is 67.0 Å². The van der Waals surface area contributed by atoms with Crippen molar-refractivity contribution in [2.75, 3.05) is 11.9 Å². The molecule has 0 bridgehead atoms. The molecule has 2 aliphatic rings. The quantitative estimate of drug-likeness (QED) is 0.181. The third-order valence-corrected chi connectivity index (χ3v) is 8.46. The predicted octanol–water partition coefficient (Wildman–Crippen LogP) is 7.96. The molecule has 1 aliphatic carbocycles. The van der Waals surface area contributed by atoms with Gasteiger partial charge in [0.05, 0.1) is 24.0 Å². The van der Waals surface area contributed by atoms with Crippen molar-refractivity contribution in [1.29, 1.82) is 0 Å². The van der Waals surface area contributed by atoms with Crippen molar-refractivity contribution in [3.63, 3.8) is 0 Å². The first-order valence-corrected chi connectivity index (χ1v) is 16.5. The van der Waals surface area contributed by atoms with E-state index in [1.165, 1.54) is 0 Å². The highest BCUT2D eigenvalue weighted by Gasteiger charge is 2.35. The first-order chi connectivity index (χ1) is 22.3. The number of nitrogens with one attached hydrogen (secondary N) is 3. The normalized spacial score (nSPS) is 18.8. The van der Waals surface area contributed by atoms with Crippen LogP contribution in [0.5, 0.6) is 0 Å². The molecule has 0 spiro atoms. The van der Waals surface area contributed by atoms with E-state index in [1.807, 2.05) is 60.1 Å². The largest absolute Gasteiger partial charge is 0.444 e. The van der Waals surface area contributed by atoms with E-state index in [4.69, 9.17) is 9.47 Å². The average Bonchev–Trinajstić information content (AvgIpc) is 3.77. The number of imidazole rings is 1. The Labute approximate surface area is 315 Å². The molecule has 14 heteroatoms. The minimum Gasteiger partial charge on any atom is -0.444 e. The van der Waals surface area contributed by atoms with Crippen LogP contribution in [0, 0.1) is 0 Å². The first kappa shape index (κ1) is 40.8. The van der Waals surface area contributed by atoms with Crippen LogP contribution in [0.25, 0.3) is 33.2 Å². The highest BCUT2D eigenvalue weighted by atomic mass is 32.1. The number of rotatable bonds is 6. The molecule has 6 rings (SSSR count). The Bertz CT molecular complexity index is 1760. The highest BCUT2D eigenvalue weighted by Crippen LogP contribution is 2.34. The lowest BCUT2D eigenvalue weighted by Crippen LogP contribution is -2.45. The topological polar surface area (TPSA) is 134 Å². The number of fused-ring (bicyclic) bond motifs is 1. The molecule has 3 N–H and O–H groups in total. The van der Waals surface area contributed by atoms with Crippen LogP contribution in [-0.4, -0.2) is 66.9 Å². The zero-order valence-corrected chi connectivity index (χ0v) is 32.6. The molecule has 2 amide bonds. The number of likely N-dealkylation sites (tertiary alicyclic amines) is 1. The fraction of sp³-hybridized carbons (Fsp3) is 0.472. The second-order valence-electron chi connectivity index (χ2n) is 14.5. The molecule has 4 aromatic rings. The third-order valence-electron chi connectivity index (χ3n) is 8.46. The molecule has 1 saturated carbocycles. The minimum atomic E-state index is -0.542. The molecule has 1 saturated heterocycles. The highest BCUT2D eigenvalue weighted by molar-refractivity contribution is 7.59. The minimum absolute atomic E-state index is 0. The molecule has 272 valence electrons. The number of ether oxygens (including phenoxy) is 2. The van der Waals surface area contributed by atoms with E-state index in [0.29, 0.717) is 12.5 Å². The number of amides is 2. The first-order valence-electron chi connectivity index (χ1n) is 16.5. The van der Waals surface area contributed by atoms with E-state index in [-0.39, 0.29) is 64.7 Å². The summed E-state index contributed by atoms with van der Waals surface area (Å²) in [6, 6.07) is 12.5. The van der Waals surface area contributed by atoms with Crippen molar-refractivity contribution in [1.82, 2.24) is 30.2 Å². The number of hydrogen-bond acceptors (Lipinski definition) is 8. The van der Waals surface area contributed by atoms with E-state index < -0.39 is 17.3 Å². The number of alkyl carbamates (subject to hydrolysis) is 1. The van der Waals surface area contributed by atoms with Gasteiger partial charge in [-0.2, -0.15) is 40.5 Å². The van der Waals surface area contributed by atoms with Crippen LogP contribution >= 0.6 is 40.5 Å². The van der Waals surface area contributed by atoms with Crippen molar-refractivity contribution in [2.24, 2.45) is 0 Å². The molecule has 0 radical (unpaired) electrons. The standard InChI is InChI=1S/C36H45N7O4.3H2S/c1-35(2,3)46-33(44)42-28-10-7-9-27(28)41-32-38-19-26(20-39-32)24-13-12-23-18-25(15-14-22(23)17-24)29-21-37-31(40-29)30-11-8-16-43(30)34(45)47-36(4,5)6;;;/h12-15,17-21,27-28,30H,7-11,16H2,1-6H3,(H,37,40)(H,42,44)(H,38,39,41);3*1H2/t27-,28-,30-;;;/m0.../s1. The van der Waals surface area contributed by atoms with E-state index >= 15 is 0 Å². The number of carbonyl (C=O) groups excluding carboxylic acids is 2. The number of benzene rings is 2. The van der Waals surface area contributed by atoms with Crippen LogP contribution in [0.15, 0.2) is 55.0 Å². The van der Waals surface area contributed by atoms with Crippen LogP contribution < -0.4 is 10.6 Å². The number of nitrogens with zero attached hydrogens (tertiary/aromatic N) is 4. The van der Waals surface area contributed by atoms with Gasteiger partial charge in [0.1, 0.15) is 17.0 Å². The van der Waals surface area contributed by atoms with Crippen LogP contribution in [0.3, 0.4) is 0 Å². The van der Waals surface area contributed by atoms with Gasteiger partial charge < -0.3 is 25.1 Å². The Morgan fingerprint density at radius 2 is 1.38 bits per heavy atom. The van der Waals surface area contributed by atoms with Gasteiger partial charge in [0.2, 0.25) is 5.95 Å². The van der Waals surface area contributed by atoms with E-state index in [1.54, 1.807) is 4.90 Å². The molecular formula is C36H51N7O4S3. The SMILES string of the molecule is CC(C)(C)OC(=O)N[C@H]1CCC[C@@H]1Nc1ncc(-c2ccc3cc(-c4cnc([C@@H]5CCCN5C(=O)OC(C)(C)C)[nH]4)ccc3c2)cn1.S.S.S. The number of aromatic amines is 1. The lowest BCUT2D eigenvalue weighted by atomic mass is 10.0. The maximum absolute atomic E-state index is 12.8. The summed E-state index contributed by atoms with van der Waals surface area (Å²) in [5, 5.41) is 8.60. The van der Waals surface area contributed by atoms with Gasteiger partial charge in [-0.15, -0.1) is 0 Å². The molecule has 2 aromatic heterocycles. The van der Waals surface area contributed by atoms with Crippen molar-refractivity contribution in [3.8, 4) is 22.4 Å². The van der Waals surface area contributed by atoms with E-state index in [0.717, 1.165) is 71.1 Å².